The molecule has 3 rings (SSSR count). The lowest BCUT2D eigenvalue weighted by molar-refractivity contribution is -0.130. The smallest absolute Gasteiger partial charge is 0.227 e. The molecule has 2 aliphatic rings. The van der Waals surface area contributed by atoms with Crippen LogP contribution in [-0.4, -0.2) is 18.5 Å². The van der Waals surface area contributed by atoms with Crippen molar-refractivity contribution in [3.63, 3.8) is 0 Å². The maximum Gasteiger partial charge on any atom is 0.227 e. The molecule has 2 saturated carbocycles. The van der Waals surface area contributed by atoms with Gasteiger partial charge in [0.2, 0.25) is 5.91 Å². The molecule has 1 aromatic rings. The van der Waals surface area contributed by atoms with Crippen molar-refractivity contribution < 1.29 is 4.79 Å². The van der Waals surface area contributed by atoms with E-state index in [9.17, 15) is 4.79 Å². The molecule has 2 fully saturated rings. The van der Waals surface area contributed by atoms with Gasteiger partial charge in [-0.1, -0.05) is 43.2 Å². The van der Waals surface area contributed by atoms with Crippen LogP contribution in [0.15, 0.2) is 30.3 Å². The van der Waals surface area contributed by atoms with Crippen molar-refractivity contribution >= 4 is 5.91 Å². The Morgan fingerprint density at radius 2 is 1.95 bits per heavy atom. The van der Waals surface area contributed by atoms with E-state index >= 15 is 0 Å². The van der Waals surface area contributed by atoms with Gasteiger partial charge in [-0.2, -0.15) is 0 Å². The Balaban J connectivity index is 1.60. The van der Waals surface area contributed by atoms with Gasteiger partial charge >= 0.3 is 0 Å². The van der Waals surface area contributed by atoms with Gasteiger partial charge in [-0.3, -0.25) is 4.79 Å². The van der Waals surface area contributed by atoms with Crippen molar-refractivity contribution in [3.05, 3.63) is 35.9 Å². The topological polar surface area (TPSA) is 55.1 Å². The summed E-state index contributed by atoms with van der Waals surface area (Å²) < 4.78 is 0. The van der Waals surface area contributed by atoms with Crippen molar-refractivity contribution in [2.75, 3.05) is 6.54 Å². The minimum Gasteiger partial charge on any atom is -0.352 e. The Hall–Kier alpha value is -1.35. The lowest BCUT2D eigenvalue weighted by Gasteiger charge is -2.25. The average Bonchev–Trinajstić information content (AvgIpc) is 3.04. The van der Waals surface area contributed by atoms with Crippen molar-refractivity contribution in [1.29, 1.82) is 0 Å². The molecule has 3 heteroatoms. The quantitative estimate of drug-likeness (QED) is 0.869. The molecule has 2 atom stereocenters. The summed E-state index contributed by atoms with van der Waals surface area (Å²) in [4.78, 5) is 12.4. The normalized spacial score (nSPS) is 28.1. The molecule has 3 N–H and O–H groups in total. The first kappa shape index (κ1) is 12.7. The third kappa shape index (κ3) is 2.39. The van der Waals surface area contributed by atoms with Gasteiger partial charge < -0.3 is 11.1 Å². The summed E-state index contributed by atoms with van der Waals surface area (Å²) >= 11 is 0. The summed E-state index contributed by atoms with van der Waals surface area (Å²) in [6.45, 7) is 0.488. The second-order valence-electron chi connectivity index (χ2n) is 6.02. The summed E-state index contributed by atoms with van der Waals surface area (Å²) in [6.07, 6.45) is 5.25. The van der Waals surface area contributed by atoms with Gasteiger partial charge in [-0.05, 0) is 24.8 Å². The molecule has 2 unspecified atom stereocenters. The number of nitrogens with two attached hydrogens (primary N) is 1. The van der Waals surface area contributed by atoms with Crippen LogP contribution in [0.3, 0.4) is 0 Å². The summed E-state index contributed by atoms with van der Waals surface area (Å²) in [5.41, 5.74) is 6.91. The Labute approximate surface area is 114 Å². The number of hydrogen-bond acceptors (Lipinski definition) is 2. The number of carbonyl (C=O) groups excluding carboxylic acids is 1. The fourth-order valence-electron chi connectivity index (χ4n) is 3.32. The van der Waals surface area contributed by atoms with Gasteiger partial charge in [0, 0.05) is 18.5 Å². The first-order valence-electron chi connectivity index (χ1n) is 7.31. The second-order valence-corrected chi connectivity index (χ2v) is 6.02. The van der Waals surface area contributed by atoms with Crippen LogP contribution in [0.2, 0.25) is 0 Å². The Kier molecular flexibility index (Phi) is 3.31. The van der Waals surface area contributed by atoms with Gasteiger partial charge in [0.1, 0.15) is 0 Å². The lowest BCUT2D eigenvalue weighted by atomic mass is 9.85. The van der Waals surface area contributed by atoms with E-state index in [0.717, 1.165) is 32.1 Å². The zero-order valence-electron chi connectivity index (χ0n) is 11.3. The molecular formula is C16H22N2O. The van der Waals surface area contributed by atoms with Crippen LogP contribution in [0.5, 0.6) is 0 Å². The van der Waals surface area contributed by atoms with E-state index in [0.29, 0.717) is 18.5 Å². The van der Waals surface area contributed by atoms with E-state index in [-0.39, 0.29) is 11.3 Å². The van der Waals surface area contributed by atoms with Gasteiger partial charge in [0.25, 0.3) is 0 Å². The van der Waals surface area contributed by atoms with Crippen LogP contribution >= 0.6 is 0 Å². The maximum atomic E-state index is 12.4. The minimum absolute atomic E-state index is 0.191. The van der Waals surface area contributed by atoms with Crippen LogP contribution in [0.25, 0.3) is 0 Å². The highest BCUT2D eigenvalue weighted by Gasteiger charge is 2.45. The van der Waals surface area contributed by atoms with Gasteiger partial charge in [0.05, 0.1) is 5.41 Å². The molecule has 19 heavy (non-hydrogen) atoms. The van der Waals surface area contributed by atoms with E-state index in [1.165, 1.54) is 5.56 Å². The van der Waals surface area contributed by atoms with Crippen LogP contribution in [-0.2, 0) is 4.79 Å². The summed E-state index contributed by atoms with van der Waals surface area (Å²) in [5.74, 6) is 0.692. The predicted molar refractivity (Wildman–Crippen MR) is 75.7 cm³/mol. The zero-order chi connectivity index (χ0) is 13.3. The Morgan fingerprint density at radius 3 is 2.58 bits per heavy atom. The second kappa shape index (κ2) is 4.97. The summed E-state index contributed by atoms with van der Waals surface area (Å²) in [6, 6.07) is 10.8. The van der Waals surface area contributed by atoms with E-state index < -0.39 is 0 Å². The molecule has 2 aliphatic carbocycles. The number of amides is 1. The number of nitrogens with one attached hydrogen (secondary N) is 1. The van der Waals surface area contributed by atoms with Crippen molar-refractivity contribution in [2.24, 2.45) is 11.1 Å². The number of carbonyl (C=O) groups is 1. The highest BCUT2D eigenvalue weighted by molar-refractivity contribution is 5.84. The molecule has 0 bridgehead atoms. The van der Waals surface area contributed by atoms with E-state index in [1.807, 2.05) is 6.07 Å². The summed E-state index contributed by atoms with van der Waals surface area (Å²) in [5, 5.41) is 3.22. The van der Waals surface area contributed by atoms with E-state index in [1.54, 1.807) is 0 Å². The first-order valence-corrected chi connectivity index (χ1v) is 7.31. The van der Waals surface area contributed by atoms with Crippen molar-refractivity contribution in [3.8, 4) is 0 Å². The fourth-order valence-corrected chi connectivity index (χ4v) is 3.32. The standard InChI is InChI=1S/C16H22N2O/c17-11-16(8-4-5-9-16)15(19)18-14-10-13(14)12-6-2-1-3-7-12/h1-3,6-7,13-14H,4-5,8-11,17H2,(H,18,19). The molecule has 1 amide bonds. The highest BCUT2D eigenvalue weighted by atomic mass is 16.2. The molecule has 0 radical (unpaired) electrons. The number of hydrogen-bond donors (Lipinski definition) is 2. The third-order valence-electron chi connectivity index (χ3n) is 4.77. The van der Waals surface area contributed by atoms with Crippen molar-refractivity contribution in [2.45, 2.75) is 44.1 Å². The van der Waals surface area contributed by atoms with Gasteiger partial charge in [0.15, 0.2) is 0 Å². The molecule has 0 aliphatic heterocycles. The fraction of sp³-hybridized carbons (Fsp3) is 0.562. The maximum absolute atomic E-state index is 12.4. The number of rotatable bonds is 4. The molecule has 1 aromatic carbocycles. The number of benzene rings is 1. The third-order valence-corrected chi connectivity index (χ3v) is 4.77. The van der Waals surface area contributed by atoms with Gasteiger partial charge in [-0.15, -0.1) is 0 Å². The van der Waals surface area contributed by atoms with Crippen LogP contribution in [0.1, 0.15) is 43.6 Å². The molecule has 0 spiro atoms. The monoisotopic (exact) mass is 258 g/mol. The Morgan fingerprint density at radius 1 is 1.26 bits per heavy atom. The average molecular weight is 258 g/mol. The zero-order valence-corrected chi connectivity index (χ0v) is 11.3. The molecular weight excluding hydrogens is 236 g/mol. The van der Waals surface area contributed by atoms with Crippen LogP contribution < -0.4 is 11.1 Å². The lowest BCUT2D eigenvalue weighted by Crippen LogP contribution is -2.45. The molecule has 3 nitrogen and oxygen atoms in total. The summed E-state index contributed by atoms with van der Waals surface area (Å²) in [7, 11) is 0. The van der Waals surface area contributed by atoms with Crippen LogP contribution in [0, 0.1) is 5.41 Å². The molecule has 0 heterocycles. The predicted octanol–water partition coefficient (Wildman–Crippen LogP) is 2.18. The first-order chi connectivity index (χ1) is 9.25. The van der Waals surface area contributed by atoms with Crippen LogP contribution in [0.4, 0.5) is 0 Å². The highest BCUT2D eigenvalue weighted by Crippen LogP contribution is 2.43. The molecule has 0 aromatic heterocycles. The Bertz CT molecular complexity index is 451. The minimum atomic E-state index is -0.274. The van der Waals surface area contributed by atoms with Gasteiger partial charge in [-0.25, -0.2) is 0 Å². The van der Waals surface area contributed by atoms with Crippen molar-refractivity contribution in [1.82, 2.24) is 5.32 Å². The SMILES string of the molecule is NCC1(C(=O)NC2CC2c2ccccc2)CCCC1. The molecule has 0 saturated heterocycles. The molecule has 102 valence electrons. The van der Waals surface area contributed by atoms with E-state index in [4.69, 9.17) is 5.73 Å². The van der Waals surface area contributed by atoms with E-state index in [2.05, 4.69) is 29.6 Å². The largest absolute Gasteiger partial charge is 0.352 e.